The van der Waals surface area contributed by atoms with Crippen LogP contribution in [-0.2, 0) is 11.2 Å². The number of carbonyl (C=O) groups excluding carboxylic acids is 1. The molecule has 2 aliphatic carbocycles. The van der Waals surface area contributed by atoms with E-state index in [0.717, 1.165) is 22.8 Å². The topological polar surface area (TPSA) is 26.3 Å². The molecule has 7 rings (SSSR count). The first-order chi connectivity index (χ1) is 14.8. The average Bonchev–Trinajstić information content (AvgIpc) is 3.16. The monoisotopic (exact) mass is 386 g/mol. The van der Waals surface area contributed by atoms with Gasteiger partial charge in [-0.25, -0.2) is 0 Å². The van der Waals surface area contributed by atoms with E-state index in [9.17, 15) is 4.79 Å². The maximum atomic E-state index is 13.3. The van der Waals surface area contributed by atoms with Crippen LogP contribution in [0.3, 0.4) is 0 Å². The van der Waals surface area contributed by atoms with E-state index in [-0.39, 0.29) is 17.8 Å². The summed E-state index contributed by atoms with van der Waals surface area (Å²) in [7, 11) is 0. The second kappa shape index (κ2) is 5.70. The molecule has 2 nitrogen and oxygen atoms in total. The smallest absolute Gasteiger partial charge is 0.323 e. The Hall–Kier alpha value is -3.65. The fraction of sp³-hybridized carbons (Fsp3) is 0.107. The van der Waals surface area contributed by atoms with Crippen molar-refractivity contribution in [3.05, 3.63) is 118 Å². The highest BCUT2D eigenvalue weighted by Gasteiger charge is 2.46. The number of hydrogen-bond acceptors (Lipinski definition) is 2. The minimum absolute atomic E-state index is 0.124. The van der Waals surface area contributed by atoms with E-state index in [1.807, 2.05) is 12.1 Å². The molecule has 0 saturated heterocycles. The van der Waals surface area contributed by atoms with Crippen molar-refractivity contribution in [2.75, 3.05) is 0 Å². The van der Waals surface area contributed by atoms with Crippen LogP contribution in [0, 0.1) is 0 Å². The summed E-state index contributed by atoms with van der Waals surface area (Å²) in [6.45, 7) is 0. The van der Waals surface area contributed by atoms with E-state index >= 15 is 0 Å². The van der Waals surface area contributed by atoms with Gasteiger partial charge in [0.15, 0.2) is 0 Å². The van der Waals surface area contributed by atoms with Crippen LogP contribution in [-0.4, -0.2) is 5.97 Å². The Balaban J connectivity index is 1.62. The summed E-state index contributed by atoms with van der Waals surface area (Å²) in [5.41, 5.74) is 8.75. The van der Waals surface area contributed by atoms with Gasteiger partial charge in [0.2, 0.25) is 0 Å². The van der Waals surface area contributed by atoms with Gasteiger partial charge in [-0.1, -0.05) is 78.9 Å². The zero-order valence-electron chi connectivity index (χ0n) is 16.3. The molecule has 0 bridgehead atoms. The van der Waals surface area contributed by atoms with Crippen LogP contribution in [0.15, 0.2) is 90.5 Å². The van der Waals surface area contributed by atoms with Crippen molar-refractivity contribution >= 4 is 22.3 Å². The molecule has 0 saturated carbocycles. The van der Waals surface area contributed by atoms with E-state index in [4.69, 9.17) is 4.74 Å². The molecule has 4 aromatic carbocycles. The minimum Gasteiger partial charge on any atom is -0.425 e. The Labute approximate surface area is 174 Å². The number of esters is 1. The molecule has 2 atom stereocenters. The summed E-state index contributed by atoms with van der Waals surface area (Å²) >= 11 is 0. The quantitative estimate of drug-likeness (QED) is 0.296. The average molecular weight is 386 g/mol. The molecule has 2 unspecified atom stereocenters. The summed E-state index contributed by atoms with van der Waals surface area (Å²) in [5, 5.41) is 2.23. The van der Waals surface area contributed by atoms with Crippen molar-refractivity contribution in [2.45, 2.75) is 18.3 Å². The third-order valence-electron chi connectivity index (χ3n) is 6.93. The van der Waals surface area contributed by atoms with E-state index in [0.29, 0.717) is 5.75 Å². The van der Waals surface area contributed by atoms with Gasteiger partial charge in [-0.15, -0.1) is 0 Å². The molecule has 0 radical (unpaired) electrons. The Morgan fingerprint density at radius 1 is 0.767 bits per heavy atom. The van der Waals surface area contributed by atoms with Crippen LogP contribution >= 0.6 is 0 Å². The molecule has 142 valence electrons. The van der Waals surface area contributed by atoms with Crippen molar-refractivity contribution in [1.29, 1.82) is 0 Å². The van der Waals surface area contributed by atoms with Crippen molar-refractivity contribution in [1.82, 2.24) is 0 Å². The highest BCUT2D eigenvalue weighted by Crippen LogP contribution is 2.58. The molecule has 3 aliphatic rings. The summed E-state index contributed by atoms with van der Waals surface area (Å²) in [6.07, 6.45) is 0.812. The highest BCUT2D eigenvalue weighted by atomic mass is 16.5. The van der Waals surface area contributed by atoms with Gasteiger partial charge in [-0.05, 0) is 56.8 Å². The van der Waals surface area contributed by atoms with E-state index < -0.39 is 0 Å². The van der Waals surface area contributed by atoms with Gasteiger partial charge in [0.05, 0.1) is 0 Å². The Bertz CT molecular complexity index is 1410. The standard InChI is InChI=1S/C28H18O2/c29-28-27-21-15-18-9-4-5-11-19(18)25(21)23(16-7-2-1-3-8-16)20-14-13-17-10-6-12-22(30-28)24(17)26(20)27/h1-14,23,27H,15H2. The van der Waals surface area contributed by atoms with Crippen molar-refractivity contribution < 1.29 is 9.53 Å². The van der Waals surface area contributed by atoms with Crippen molar-refractivity contribution in [2.24, 2.45) is 0 Å². The summed E-state index contributed by atoms with van der Waals surface area (Å²) in [5.74, 6) is 0.353. The Morgan fingerprint density at radius 3 is 2.50 bits per heavy atom. The molecule has 2 heteroatoms. The Kier molecular flexibility index (Phi) is 3.07. The van der Waals surface area contributed by atoms with Crippen LogP contribution in [0.25, 0.3) is 16.3 Å². The fourth-order valence-corrected chi connectivity index (χ4v) is 5.79. The van der Waals surface area contributed by atoms with Crippen LogP contribution in [0.1, 0.15) is 39.7 Å². The van der Waals surface area contributed by atoms with Crippen LogP contribution in [0.5, 0.6) is 5.75 Å². The SMILES string of the molecule is O=C1Oc2cccc3ccc4c(c23)C1C1=C(c2ccccc2C1)C4c1ccccc1. The summed E-state index contributed by atoms with van der Waals surface area (Å²) in [4.78, 5) is 13.3. The summed E-state index contributed by atoms with van der Waals surface area (Å²) < 4.78 is 5.87. The molecular weight excluding hydrogens is 368 g/mol. The molecule has 0 aromatic heterocycles. The number of hydrogen-bond donors (Lipinski definition) is 0. The third-order valence-corrected chi connectivity index (χ3v) is 6.93. The van der Waals surface area contributed by atoms with E-state index in [1.165, 1.54) is 33.4 Å². The maximum Gasteiger partial charge on any atom is 0.323 e. The number of rotatable bonds is 1. The lowest BCUT2D eigenvalue weighted by Crippen LogP contribution is -2.30. The predicted octanol–water partition coefficient (Wildman–Crippen LogP) is 6.00. The van der Waals surface area contributed by atoms with Crippen LogP contribution < -0.4 is 4.74 Å². The van der Waals surface area contributed by atoms with Gasteiger partial charge in [-0.2, -0.15) is 0 Å². The molecule has 30 heavy (non-hydrogen) atoms. The first kappa shape index (κ1) is 16.2. The lowest BCUT2D eigenvalue weighted by atomic mass is 9.68. The van der Waals surface area contributed by atoms with Crippen molar-refractivity contribution in [3.63, 3.8) is 0 Å². The fourth-order valence-electron chi connectivity index (χ4n) is 5.79. The van der Waals surface area contributed by atoms with Gasteiger partial charge < -0.3 is 4.74 Å². The van der Waals surface area contributed by atoms with Crippen LogP contribution in [0.4, 0.5) is 0 Å². The number of ether oxygens (including phenoxy) is 1. The van der Waals surface area contributed by atoms with Gasteiger partial charge in [0, 0.05) is 11.3 Å². The maximum absolute atomic E-state index is 13.3. The van der Waals surface area contributed by atoms with E-state index in [1.54, 1.807) is 0 Å². The molecule has 0 fully saturated rings. The zero-order valence-corrected chi connectivity index (χ0v) is 16.3. The highest BCUT2D eigenvalue weighted by molar-refractivity contribution is 6.06. The molecule has 0 N–H and O–H groups in total. The second-order valence-corrected chi connectivity index (χ2v) is 8.39. The molecule has 0 spiro atoms. The molecule has 1 heterocycles. The minimum atomic E-state index is -0.319. The van der Waals surface area contributed by atoms with Crippen LogP contribution in [0.2, 0.25) is 0 Å². The molecule has 0 amide bonds. The molecule has 1 aliphatic heterocycles. The van der Waals surface area contributed by atoms with Gasteiger partial charge >= 0.3 is 5.97 Å². The molecule has 4 aromatic rings. The number of benzene rings is 4. The normalized spacial score (nSPS) is 20.7. The predicted molar refractivity (Wildman–Crippen MR) is 118 cm³/mol. The summed E-state index contributed by atoms with van der Waals surface area (Å²) in [6, 6.07) is 29.7. The largest absolute Gasteiger partial charge is 0.425 e. The van der Waals surface area contributed by atoms with Gasteiger partial charge in [0.1, 0.15) is 11.7 Å². The lowest BCUT2D eigenvalue weighted by Gasteiger charge is -2.36. The first-order valence-corrected chi connectivity index (χ1v) is 10.4. The first-order valence-electron chi connectivity index (χ1n) is 10.4. The second-order valence-electron chi connectivity index (χ2n) is 8.39. The molecular formula is C28H18O2. The third kappa shape index (κ3) is 1.96. The Morgan fingerprint density at radius 2 is 1.60 bits per heavy atom. The van der Waals surface area contributed by atoms with E-state index in [2.05, 4.69) is 72.8 Å². The number of carbonyl (C=O) groups is 1. The lowest BCUT2D eigenvalue weighted by molar-refractivity contribution is -0.135. The van der Waals surface area contributed by atoms with Gasteiger partial charge in [0.25, 0.3) is 0 Å². The van der Waals surface area contributed by atoms with Crippen molar-refractivity contribution in [3.8, 4) is 5.75 Å². The number of fused-ring (bicyclic) bond motifs is 3. The zero-order chi connectivity index (χ0) is 19.8. The number of allylic oxidation sites excluding steroid dienone is 1. The van der Waals surface area contributed by atoms with Gasteiger partial charge in [-0.3, -0.25) is 4.79 Å².